The topological polar surface area (TPSA) is 93.5 Å². The van der Waals surface area contributed by atoms with Gasteiger partial charge in [-0.15, -0.1) is 0 Å². The molecule has 3 aromatic heterocycles. The molecule has 0 spiro atoms. The van der Waals surface area contributed by atoms with E-state index in [4.69, 9.17) is 4.98 Å². The summed E-state index contributed by atoms with van der Waals surface area (Å²) >= 11 is 0. The first-order valence-electron chi connectivity index (χ1n) is 8.62. The van der Waals surface area contributed by atoms with Gasteiger partial charge in [0.2, 0.25) is 0 Å². The number of aryl methyl sites for hydroxylation is 1. The van der Waals surface area contributed by atoms with E-state index in [0.29, 0.717) is 12.3 Å². The fourth-order valence-electron chi connectivity index (χ4n) is 3.81. The lowest BCUT2D eigenvalue weighted by atomic mass is 10.0. The highest BCUT2D eigenvalue weighted by Gasteiger charge is 2.34. The lowest BCUT2D eigenvalue weighted by Gasteiger charge is -2.11. The number of imidazole rings is 1. The molecule has 1 saturated heterocycles. The van der Waals surface area contributed by atoms with E-state index in [1.165, 1.54) is 18.4 Å². The number of rotatable bonds is 3. The van der Waals surface area contributed by atoms with Crippen LogP contribution in [0.4, 0.5) is 0 Å². The summed E-state index contributed by atoms with van der Waals surface area (Å²) in [6.07, 6.45) is 6.45. The van der Waals surface area contributed by atoms with Crippen LogP contribution in [0.1, 0.15) is 42.5 Å². The number of nitrogens with one attached hydrogen (secondary N) is 1. The zero-order valence-electron chi connectivity index (χ0n) is 13.9. The van der Waals surface area contributed by atoms with Gasteiger partial charge in [0.1, 0.15) is 5.69 Å². The van der Waals surface area contributed by atoms with E-state index in [9.17, 15) is 8.42 Å². The third-order valence-corrected chi connectivity index (χ3v) is 6.93. The SMILES string of the molecule is Cc1nn(C2CCS(=O)(=O)C2)c2nc(-c3ncc[nH]3)cc(C3CC3)c12. The Morgan fingerprint density at radius 2 is 2.12 bits per heavy atom. The van der Waals surface area contributed by atoms with Gasteiger partial charge in [-0.2, -0.15) is 5.10 Å². The number of sulfone groups is 1. The minimum atomic E-state index is -2.98. The van der Waals surface area contributed by atoms with E-state index >= 15 is 0 Å². The predicted molar refractivity (Wildman–Crippen MR) is 94.1 cm³/mol. The molecule has 1 aliphatic heterocycles. The minimum Gasteiger partial charge on any atom is -0.343 e. The van der Waals surface area contributed by atoms with E-state index in [-0.39, 0.29) is 17.5 Å². The molecule has 1 unspecified atom stereocenters. The van der Waals surface area contributed by atoms with Gasteiger partial charge in [0.25, 0.3) is 0 Å². The molecule has 7 nitrogen and oxygen atoms in total. The Kier molecular flexibility index (Phi) is 3.10. The second-order valence-corrected chi connectivity index (χ2v) is 9.32. The second-order valence-electron chi connectivity index (χ2n) is 7.09. The summed E-state index contributed by atoms with van der Waals surface area (Å²) in [6.45, 7) is 1.99. The van der Waals surface area contributed by atoms with E-state index in [1.807, 2.05) is 11.6 Å². The molecule has 4 heterocycles. The number of pyridine rings is 1. The van der Waals surface area contributed by atoms with Gasteiger partial charge in [-0.05, 0) is 43.7 Å². The molecule has 1 atom stereocenters. The van der Waals surface area contributed by atoms with Crippen molar-refractivity contribution in [1.29, 1.82) is 0 Å². The molecule has 0 bridgehead atoms. The highest BCUT2D eigenvalue weighted by molar-refractivity contribution is 7.91. The van der Waals surface area contributed by atoms with Crippen molar-refractivity contribution in [2.75, 3.05) is 11.5 Å². The van der Waals surface area contributed by atoms with Crippen LogP contribution in [0.5, 0.6) is 0 Å². The van der Waals surface area contributed by atoms with Gasteiger partial charge in [-0.1, -0.05) is 0 Å². The quantitative estimate of drug-likeness (QED) is 0.777. The number of aromatic amines is 1. The van der Waals surface area contributed by atoms with Crippen molar-refractivity contribution in [3.05, 3.63) is 29.7 Å². The highest BCUT2D eigenvalue weighted by Crippen LogP contribution is 2.45. The highest BCUT2D eigenvalue weighted by atomic mass is 32.2. The molecule has 0 amide bonds. The monoisotopic (exact) mass is 357 g/mol. The van der Waals surface area contributed by atoms with Gasteiger partial charge in [-0.3, -0.25) is 0 Å². The molecule has 0 radical (unpaired) electrons. The molecule has 25 heavy (non-hydrogen) atoms. The molecule has 3 aromatic rings. The van der Waals surface area contributed by atoms with E-state index in [0.717, 1.165) is 28.2 Å². The normalized spacial score (nSPS) is 22.7. The lowest BCUT2D eigenvalue weighted by molar-refractivity contribution is 0.509. The van der Waals surface area contributed by atoms with Crippen LogP contribution in [0.25, 0.3) is 22.6 Å². The molecule has 5 rings (SSSR count). The van der Waals surface area contributed by atoms with E-state index in [2.05, 4.69) is 21.1 Å². The van der Waals surface area contributed by atoms with Crippen molar-refractivity contribution < 1.29 is 8.42 Å². The third kappa shape index (κ3) is 2.47. The molecular weight excluding hydrogens is 338 g/mol. The summed E-state index contributed by atoms with van der Waals surface area (Å²) < 4.78 is 25.7. The van der Waals surface area contributed by atoms with Crippen LogP contribution in [0.2, 0.25) is 0 Å². The predicted octanol–water partition coefficient (Wildman–Crippen LogP) is 2.37. The summed E-state index contributed by atoms with van der Waals surface area (Å²) in [5.74, 6) is 1.65. The number of hydrogen-bond donors (Lipinski definition) is 1. The van der Waals surface area contributed by atoms with Crippen LogP contribution < -0.4 is 0 Å². The fourth-order valence-corrected chi connectivity index (χ4v) is 5.50. The standard InChI is InChI=1S/C17H19N5O2S/c1-10-15-13(11-2-3-11)8-14(16-18-5-6-19-16)20-17(15)22(21-10)12-4-7-25(23,24)9-12/h5-6,8,11-12H,2-4,7,9H2,1H3,(H,18,19). The number of H-pyrrole nitrogens is 1. The van der Waals surface area contributed by atoms with Gasteiger partial charge >= 0.3 is 0 Å². The van der Waals surface area contributed by atoms with Crippen LogP contribution in [0.15, 0.2) is 18.5 Å². The van der Waals surface area contributed by atoms with Crippen molar-refractivity contribution in [2.24, 2.45) is 0 Å². The van der Waals surface area contributed by atoms with Crippen molar-refractivity contribution in [2.45, 2.75) is 38.1 Å². The Morgan fingerprint density at radius 3 is 2.76 bits per heavy atom. The smallest absolute Gasteiger partial charge is 0.159 e. The Labute approximate surface area is 145 Å². The molecule has 1 saturated carbocycles. The Hall–Kier alpha value is -2.22. The van der Waals surface area contributed by atoms with Crippen LogP contribution in [-0.2, 0) is 9.84 Å². The summed E-state index contributed by atoms with van der Waals surface area (Å²) in [7, 11) is -2.98. The third-order valence-electron chi connectivity index (χ3n) is 5.18. The first-order chi connectivity index (χ1) is 12.0. The van der Waals surface area contributed by atoms with Gasteiger partial charge in [-0.25, -0.2) is 23.1 Å². The van der Waals surface area contributed by atoms with Crippen molar-refractivity contribution >= 4 is 20.9 Å². The Balaban J connectivity index is 1.74. The molecule has 8 heteroatoms. The van der Waals surface area contributed by atoms with Crippen molar-refractivity contribution in [3.8, 4) is 11.5 Å². The zero-order valence-corrected chi connectivity index (χ0v) is 14.8. The molecule has 130 valence electrons. The summed E-state index contributed by atoms with van der Waals surface area (Å²) in [5.41, 5.74) is 3.78. The number of fused-ring (bicyclic) bond motifs is 1. The lowest BCUT2D eigenvalue weighted by Crippen LogP contribution is -2.13. The molecular formula is C17H19N5O2S. The average molecular weight is 357 g/mol. The number of nitrogens with zero attached hydrogens (tertiary/aromatic N) is 4. The molecule has 1 N–H and O–H groups in total. The average Bonchev–Trinajstić information content (AvgIpc) is 3.00. The van der Waals surface area contributed by atoms with Crippen LogP contribution >= 0.6 is 0 Å². The molecule has 2 fully saturated rings. The molecule has 1 aliphatic carbocycles. The Morgan fingerprint density at radius 1 is 1.28 bits per heavy atom. The minimum absolute atomic E-state index is 0.132. The fraction of sp³-hybridized carbons (Fsp3) is 0.471. The van der Waals surface area contributed by atoms with Gasteiger partial charge in [0.15, 0.2) is 21.3 Å². The van der Waals surface area contributed by atoms with Crippen molar-refractivity contribution in [3.63, 3.8) is 0 Å². The first-order valence-corrected chi connectivity index (χ1v) is 10.4. The van der Waals surface area contributed by atoms with Crippen LogP contribution in [-0.4, -0.2) is 44.7 Å². The maximum absolute atomic E-state index is 11.9. The van der Waals surface area contributed by atoms with Gasteiger partial charge in [0.05, 0.1) is 23.2 Å². The van der Waals surface area contributed by atoms with E-state index < -0.39 is 9.84 Å². The van der Waals surface area contributed by atoms with E-state index in [1.54, 1.807) is 12.4 Å². The number of aromatic nitrogens is 5. The maximum Gasteiger partial charge on any atom is 0.159 e. The second kappa shape index (κ2) is 5.14. The van der Waals surface area contributed by atoms with Gasteiger partial charge < -0.3 is 4.98 Å². The van der Waals surface area contributed by atoms with Gasteiger partial charge in [0, 0.05) is 17.8 Å². The molecule has 2 aliphatic rings. The molecule has 0 aromatic carbocycles. The summed E-state index contributed by atoms with van der Waals surface area (Å²) in [4.78, 5) is 12.3. The summed E-state index contributed by atoms with van der Waals surface area (Å²) in [5, 5.41) is 5.77. The zero-order chi connectivity index (χ0) is 17.2. The van der Waals surface area contributed by atoms with Crippen LogP contribution in [0.3, 0.4) is 0 Å². The Bertz CT molecular complexity index is 1060. The maximum atomic E-state index is 11.9. The van der Waals surface area contributed by atoms with Crippen molar-refractivity contribution in [1.82, 2.24) is 24.7 Å². The largest absolute Gasteiger partial charge is 0.343 e. The number of hydrogen-bond acceptors (Lipinski definition) is 5. The van der Waals surface area contributed by atoms with Crippen LogP contribution in [0, 0.1) is 6.92 Å². The first kappa shape index (κ1) is 15.1. The summed E-state index contributed by atoms with van der Waals surface area (Å²) in [6, 6.07) is 1.98.